The van der Waals surface area contributed by atoms with Crippen LogP contribution in [0.4, 0.5) is 4.79 Å². The molecule has 0 fully saturated rings. The molecule has 1 amide bonds. The van der Waals surface area contributed by atoms with E-state index in [-0.39, 0.29) is 11.5 Å². The van der Waals surface area contributed by atoms with Gasteiger partial charge in [-0.1, -0.05) is 45.4 Å². The van der Waals surface area contributed by atoms with Crippen LogP contribution in [0.2, 0.25) is 0 Å². The summed E-state index contributed by atoms with van der Waals surface area (Å²) in [5.74, 6) is 0. The average molecular weight is 302 g/mol. The topological polar surface area (TPSA) is 81.5 Å². The van der Waals surface area contributed by atoms with Crippen molar-refractivity contribution in [3.63, 3.8) is 0 Å². The standard InChI is InChI=1S/C15H30N2O4/c1-5-6-7-8-9-10-11-13(12-17(19)20)16-14(18)21-15(2,3)4/h13H,5-12H2,1-4H3,(H,16,18)/t13-/m0/s1. The van der Waals surface area contributed by atoms with Crippen LogP contribution in [-0.4, -0.2) is 29.2 Å². The van der Waals surface area contributed by atoms with Gasteiger partial charge in [0.1, 0.15) is 5.60 Å². The molecule has 1 N–H and O–H groups in total. The summed E-state index contributed by atoms with van der Waals surface area (Å²) in [5.41, 5.74) is -0.594. The lowest BCUT2D eigenvalue weighted by Gasteiger charge is -2.22. The van der Waals surface area contributed by atoms with Crippen molar-refractivity contribution in [3.05, 3.63) is 10.1 Å². The van der Waals surface area contributed by atoms with Crippen LogP contribution in [-0.2, 0) is 4.74 Å². The van der Waals surface area contributed by atoms with Gasteiger partial charge in [-0.05, 0) is 27.2 Å². The number of nitrogens with one attached hydrogen (secondary N) is 1. The van der Waals surface area contributed by atoms with E-state index >= 15 is 0 Å². The Morgan fingerprint density at radius 2 is 1.76 bits per heavy atom. The molecule has 0 spiro atoms. The van der Waals surface area contributed by atoms with Gasteiger partial charge in [0, 0.05) is 4.92 Å². The van der Waals surface area contributed by atoms with Gasteiger partial charge in [0.2, 0.25) is 6.54 Å². The number of hydrogen-bond donors (Lipinski definition) is 1. The molecule has 21 heavy (non-hydrogen) atoms. The fourth-order valence-electron chi connectivity index (χ4n) is 2.03. The first-order chi connectivity index (χ1) is 9.74. The molecule has 0 heterocycles. The Labute approximate surface area is 127 Å². The number of nitrogens with zero attached hydrogens (tertiary/aromatic N) is 1. The highest BCUT2D eigenvalue weighted by Crippen LogP contribution is 2.11. The monoisotopic (exact) mass is 302 g/mol. The first-order valence-electron chi connectivity index (χ1n) is 7.86. The predicted molar refractivity (Wildman–Crippen MR) is 83.0 cm³/mol. The molecular weight excluding hydrogens is 272 g/mol. The Bertz CT molecular complexity index is 313. The summed E-state index contributed by atoms with van der Waals surface area (Å²) >= 11 is 0. The van der Waals surface area contributed by atoms with Crippen LogP contribution in [0.3, 0.4) is 0 Å². The van der Waals surface area contributed by atoms with E-state index in [1.54, 1.807) is 20.8 Å². The average Bonchev–Trinajstić information content (AvgIpc) is 2.30. The minimum Gasteiger partial charge on any atom is -0.444 e. The van der Waals surface area contributed by atoms with Crippen molar-refractivity contribution in [3.8, 4) is 0 Å². The van der Waals surface area contributed by atoms with E-state index in [2.05, 4.69) is 12.2 Å². The molecule has 124 valence electrons. The fourth-order valence-corrected chi connectivity index (χ4v) is 2.03. The zero-order chi connectivity index (χ0) is 16.3. The van der Waals surface area contributed by atoms with Crippen molar-refractivity contribution in [1.82, 2.24) is 5.32 Å². The van der Waals surface area contributed by atoms with Crippen LogP contribution in [0.25, 0.3) is 0 Å². The highest BCUT2D eigenvalue weighted by atomic mass is 16.6. The maximum absolute atomic E-state index is 11.7. The van der Waals surface area contributed by atoms with E-state index in [0.29, 0.717) is 6.42 Å². The third-order valence-electron chi connectivity index (χ3n) is 3.00. The van der Waals surface area contributed by atoms with E-state index in [4.69, 9.17) is 4.74 Å². The van der Waals surface area contributed by atoms with Crippen LogP contribution >= 0.6 is 0 Å². The molecule has 0 bridgehead atoms. The number of nitro groups is 1. The van der Waals surface area contributed by atoms with Gasteiger partial charge < -0.3 is 10.1 Å². The third kappa shape index (κ3) is 13.4. The normalized spacial score (nSPS) is 12.8. The van der Waals surface area contributed by atoms with Crippen molar-refractivity contribution in [2.75, 3.05) is 6.54 Å². The first kappa shape index (κ1) is 19.7. The number of hydrogen-bond acceptors (Lipinski definition) is 4. The summed E-state index contributed by atoms with van der Waals surface area (Å²) in [4.78, 5) is 21.9. The van der Waals surface area contributed by atoms with Crippen LogP contribution in [0.1, 0.15) is 72.6 Å². The quantitative estimate of drug-likeness (QED) is 0.377. The van der Waals surface area contributed by atoms with E-state index in [1.165, 1.54) is 19.3 Å². The summed E-state index contributed by atoms with van der Waals surface area (Å²) in [6.07, 6.45) is 6.74. The Morgan fingerprint density at radius 3 is 2.29 bits per heavy atom. The SMILES string of the molecule is CCCCCCCC[C@@H](C[N+](=O)[O-])NC(=O)OC(C)(C)C. The van der Waals surface area contributed by atoms with Gasteiger partial charge in [-0.2, -0.15) is 0 Å². The highest BCUT2D eigenvalue weighted by molar-refractivity contribution is 5.68. The van der Waals surface area contributed by atoms with Crippen molar-refractivity contribution in [2.45, 2.75) is 84.3 Å². The Kier molecular flexibility index (Phi) is 9.75. The number of amides is 1. The molecule has 0 aliphatic carbocycles. The molecule has 6 nitrogen and oxygen atoms in total. The first-order valence-corrected chi connectivity index (χ1v) is 7.86. The van der Waals surface area contributed by atoms with Gasteiger partial charge in [-0.3, -0.25) is 10.1 Å². The molecule has 0 aromatic heterocycles. The number of ether oxygens (including phenoxy) is 1. The zero-order valence-corrected chi connectivity index (χ0v) is 13.8. The lowest BCUT2D eigenvalue weighted by Crippen LogP contribution is -2.42. The summed E-state index contributed by atoms with van der Waals surface area (Å²) in [7, 11) is 0. The number of carbonyl (C=O) groups excluding carboxylic acids is 1. The number of carbonyl (C=O) groups is 1. The molecule has 0 saturated heterocycles. The second-order valence-electron chi connectivity index (χ2n) is 6.41. The fraction of sp³-hybridized carbons (Fsp3) is 0.933. The molecule has 0 saturated carbocycles. The van der Waals surface area contributed by atoms with E-state index in [1.807, 2.05) is 0 Å². The summed E-state index contributed by atoms with van der Waals surface area (Å²) in [6, 6.07) is -0.457. The number of alkyl carbamates (subject to hydrolysis) is 1. The van der Waals surface area contributed by atoms with Gasteiger partial charge in [-0.15, -0.1) is 0 Å². The minimum absolute atomic E-state index is 0.256. The number of unbranched alkanes of at least 4 members (excludes halogenated alkanes) is 5. The highest BCUT2D eigenvalue weighted by Gasteiger charge is 2.22. The molecule has 0 aromatic rings. The molecule has 6 heteroatoms. The van der Waals surface area contributed by atoms with Crippen molar-refractivity contribution in [2.24, 2.45) is 0 Å². The van der Waals surface area contributed by atoms with E-state index in [0.717, 1.165) is 19.3 Å². The molecular formula is C15H30N2O4. The van der Waals surface area contributed by atoms with Crippen LogP contribution in [0, 0.1) is 10.1 Å². The van der Waals surface area contributed by atoms with Crippen molar-refractivity contribution < 1.29 is 14.5 Å². The smallest absolute Gasteiger partial charge is 0.408 e. The molecule has 0 aromatic carbocycles. The lowest BCUT2D eigenvalue weighted by molar-refractivity contribution is -0.483. The van der Waals surface area contributed by atoms with E-state index in [9.17, 15) is 14.9 Å². The van der Waals surface area contributed by atoms with E-state index < -0.39 is 17.7 Å². The largest absolute Gasteiger partial charge is 0.444 e. The Hall–Kier alpha value is -1.33. The summed E-state index contributed by atoms with van der Waals surface area (Å²) in [6.45, 7) is 7.21. The molecule has 0 rings (SSSR count). The number of rotatable bonds is 10. The maximum atomic E-state index is 11.7. The predicted octanol–water partition coefficient (Wildman–Crippen LogP) is 3.91. The minimum atomic E-state index is -0.594. The van der Waals surface area contributed by atoms with Crippen LogP contribution in [0.15, 0.2) is 0 Å². The second-order valence-corrected chi connectivity index (χ2v) is 6.41. The summed E-state index contributed by atoms with van der Waals surface area (Å²) < 4.78 is 5.14. The Morgan fingerprint density at radius 1 is 1.19 bits per heavy atom. The molecule has 0 radical (unpaired) electrons. The third-order valence-corrected chi connectivity index (χ3v) is 3.00. The summed E-state index contributed by atoms with van der Waals surface area (Å²) in [5, 5.41) is 13.3. The lowest BCUT2D eigenvalue weighted by atomic mass is 10.1. The maximum Gasteiger partial charge on any atom is 0.408 e. The molecule has 1 atom stereocenters. The Balaban J connectivity index is 4.08. The van der Waals surface area contributed by atoms with Gasteiger partial charge in [0.25, 0.3) is 0 Å². The zero-order valence-electron chi connectivity index (χ0n) is 13.8. The van der Waals surface area contributed by atoms with Crippen molar-refractivity contribution >= 4 is 6.09 Å². The van der Waals surface area contributed by atoms with Crippen molar-refractivity contribution in [1.29, 1.82) is 0 Å². The van der Waals surface area contributed by atoms with Gasteiger partial charge in [-0.25, -0.2) is 4.79 Å². The molecule has 0 aliphatic rings. The van der Waals surface area contributed by atoms with Crippen LogP contribution in [0.5, 0.6) is 0 Å². The molecule has 0 unspecified atom stereocenters. The second kappa shape index (κ2) is 10.4. The van der Waals surface area contributed by atoms with Gasteiger partial charge >= 0.3 is 6.09 Å². The van der Waals surface area contributed by atoms with Gasteiger partial charge in [0.05, 0.1) is 6.04 Å². The molecule has 0 aliphatic heterocycles. The van der Waals surface area contributed by atoms with Gasteiger partial charge in [0.15, 0.2) is 0 Å². The van der Waals surface area contributed by atoms with Crippen LogP contribution < -0.4 is 5.32 Å².